The number of methoxy groups -OCH3 is 2. The molecule has 4 heterocycles. The molecule has 3 aromatic rings. The average molecular weight is 584 g/mol. The van der Waals surface area contributed by atoms with E-state index >= 15 is 0 Å². The minimum Gasteiger partial charge on any atom is -0.495 e. The van der Waals surface area contributed by atoms with Gasteiger partial charge in [0.1, 0.15) is 23.1 Å². The van der Waals surface area contributed by atoms with Gasteiger partial charge < -0.3 is 24.4 Å². The van der Waals surface area contributed by atoms with Crippen LogP contribution in [0, 0.1) is 11.3 Å². The van der Waals surface area contributed by atoms with Crippen LogP contribution in [0.3, 0.4) is 0 Å². The van der Waals surface area contributed by atoms with Crippen LogP contribution in [0.5, 0.6) is 11.5 Å². The number of anilines is 2. The van der Waals surface area contributed by atoms with Crippen molar-refractivity contribution in [2.45, 2.75) is 31.7 Å². The lowest BCUT2D eigenvalue weighted by atomic mass is 9.63. The van der Waals surface area contributed by atoms with E-state index in [0.717, 1.165) is 29.7 Å². The van der Waals surface area contributed by atoms with Gasteiger partial charge in [-0.15, -0.1) is 0 Å². The minimum atomic E-state index is -0.0198. The molecule has 2 saturated heterocycles. The molecule has 0 unspecified atom stereocenters. The SMILES string of the molecule is C=CC(=O)C[C@H]1COC[C@H]1Nc1cc2c(N3CC4(CCC4)C3)nc(-c3c(Cl)c(OC)cc(OC)c3Cl)cc2cn1. The largest absolute Gasteiger partial charge is 0.495 e. The molecule has 2 atom stereocenters. The summed E-state index contributed by atoms with van der Waals surface area (Å²) in [6.07, 6.45) is 7.40. The fourth-order valence-electron chi connectivity index (χ4n) is 6.08. The maximum atomic E-state index is 12.0. The lowest BCUT2D eigenvalue weighted by Gasteiger charge is -2.56. The number of hydrogen-bond acceptors (Lipinski definition) is 8. The number of hydrogen-bond donors (Lipinski definition) is 1. The Morgan fingerprint density at radius 1 is 1.18 bits per heavy atom. The average Bonchev–Trinajstić information content (AvgIpc) is 3.33. The van der Waals surface area contributed by atoms with Crippen molar-refractivity contribution in [2.24, 2.45) is 11.3 Å². The number of nitrogens with one attached hydrogen (secondary N) is 1. The first-order valence-electron chi connectivity index (χ1n) is 13.5. The van der Waals surface area contributed by atoms with Crippen LogP contribution >= 0.6 is 23.2 Å². The Kier molecular flexibility index (Phi) is 7.27. The number of allylic oxidation sites excluding steroid dienone is 1. The summed E-state index contributed by atoms with van der Waals surface area (Å²) in [4.78, 5) is 24.2. The number of ether oxygens (including phenoxy) is 3. The molecule has 40 heavy (non-hydrogen) atoms. The van der Waals surface area contributed by atoms with Crippen molar-refractivity contribution in [3.8, 4) is 22.8 Å². The molecule has 1 saturated carbocycles. The zero-order valence-electron chi connectivity index (χ0n) is 22.6. The van der Waals surface area contributed by atoms with Gasteiger partial charge in [0.2, 0.25) is 0 Å². The second-order valence-electron chi connectivity index (χ2n) is 11.0. The summed E-state index contributed by atoms with van der Waals surface area (Å²) >= 11 is 13.6. The van der Waals surface area contributed by atoms with Crippen LogP contribution in [0.1, 0.15) is 25.7 Å². The molecule has 0 radical (unpaired) electrons. The lowest BCUT2D eigenvalue weighted by molar-refractivity contribution is -0.115. The zero-order chi connectivity index (χ0) is 28.0. The number of halogens is 2. The number of nitrogens with zero attached hydrogens (tertiary/aromatic N) is 3. The van der Waals surface area contributed by atoms with Gasteiger partial charge >= 0.3 is 0 Å². The molecule has 2 aliphatic heterocycles. The summed E-state index contributed by atoms with van der Waals surface area (Å²) in [6, 6.07) is 5.64. The number of carbonyl (C=O) groups is 1. The van der Waals surface area contributed by atoms with Crippen LogP contribution in [-0.4, -0.2) is 62.3 Å². The van der Waals surface area contributed by atoms with Gasteiger partial charge in [-0.2, -0.15) is 0 Å². The number of aromatic nitrogens is 2. The Balaban J connectivity index is 1.41. The van der Waals surface area contributed by atoms with Crippen LogP contribution in [0.4, 0.5) is 11.6 Å². The highest BCUT2D eigenvalue weighted by Crippen LogP contribution is 2.51. The van der Waals surface area contributed by atoms with Gasteiger partial charge in [-0.3, -0.25) is 4.79 Å². The van der Waals surface area contributed by atoms with Gasteiger partial charge in [0, 0.05) is 59.4 Å². The molecule has 1 aliphatic carbocycles. The summed E-state index contributed by atoms with van der Waals surface area (Å²) in [7, 11) is 3.11. The molecule has 3 aliphatic rings. The van der Waals surface area contributed by atoms with E-state index in [1.54, 1.807) is 20.3 Å². The monoisotopic (exact) mass is 582 g/mol. The summed E-state index contributed by atoms with van der Waals surface area (Å²) in [5.74, 6) is 2.57. The van der Waals surface area contributed by atoms with Crippen molar-refractivity contribution in [1.29, 1.82) is 0 Å². The molecule has 8 nitrogen and oxygen atoms in total. The van der Waals surface area contributed by atoms with Gasteiger partial charge in [-0.05, 0) is 31.1 Å². The Bertz CT molecular complexity index is 1460. The molecule has 1 spiro atoms. The van der Waals surface area contributed by atoms with Crippen LogP contribution in [0.2, 0.25) is 10.0 Å². The van der Waals surface area contributed by atoms with E-state index in [4.69, 9.17) is 47.4 Å². The first-order valence-corrected chi connectivity index (χ1v) is 14.3. The quantitative estimate of drug-likeness (QED) is 0.299. The smallest absolute Gasteiger partial charge is 0.155 e. The van der Waals surface area contributed by atoms with E-state index in [9.17, 15) is 4.79 Å². The third-order valence-electron chi connectivity index (χ3n) is 8.51. The number of rotatable bonds is 9. The van der Waals surface area contributed by atoms with Gasteiger partial charge in [0.25, 0.3) is 0 Å². The number of fused-ring (bicyclic) bond motifs is 1. The van der Waals surface area contributed by atoms with Crippen molar-refractivity contribution in [1.82, 2.24) is 9.97 Å². The van der Waals surface area contributed by atoms with Gasteiger partial charge in [-0.25, -0.2) is 9.97 Å². The predicted octanol–water partition coefficient (Wildman–Crippen LogP) is 6.18. The Morgan fingerprint density at radius 3 is 2.52 bits per heavy atom. The van der Waals surface area contributed by atoms with E-state index in [2.05, 4.69) is 16.8 Å². The fraction of sp³-hybridized carbons (Fsp3) is 0.433. The number of carbonyl (C=O) groups excluding carboxylic acids is 1. The van der Waals surface area contributed by atoms with E-state index in [0.29, 0.717) is 63.7 Å². The molecule has 1 N–H and O–H groups in total. The zero-order valence-corrected chi connectivity index (χ0v) is 24.1. The molecule has 210 valence electrons. The predicted molar refractivity (Wildman–Crippen MR) is 158 cm³/mol. The number of ketones is 1. The van der Waals surface area contributed by atoms with E-state index in [-0.39, 0.29) is 17.7 Å². The topological polar surface area (TPSA) is 85.8 Å². The minimum absolute atomic E-state index is 0.0157. The third kappa shape index (κ3) is 4.76. The summed E-state index contributed by atoms with van der Waals surface area (Å²) < 4.78 is 16.7. The summed E-state index contributed by atoms with van der Waals surface area (Å²) in [5, 5.41) is 6.14. The van der Waals surface area contributed by atoms with E-state index in [1.165, 1.54) is 25.3 Å². The first-order chi connectivity index (χ1) is 19.3. The van der Waals surface area contributed by atoms with Crippen molar-refractivity contribution in [2.75, 3.05) is 50.7 Å². The molecule has 6 rings (SSSR count). The molecule has 10 heteroatoms. The fourth-order valence-corrected chi connectivity index (χ4v) is 6.78. The van der Waals surface area contributed by atoms with Crippen molar-refractivity contribution in [3.63, 3.8) is 0 Å². The normalized spacial score (nSPS) is 21.1. The molecule has 3 fully saturated rings. The lowest BCUT2D eigenvalue weighted by Crippen LogP contribution is -2.60. The van der Waals surface area contributed by atoms with Crippen LogP contribution in [0.15, 0.2) is 37.1 Å². The second-order valence-corrected chi connectivity index (χ2v) is 11.8. The molecule has 2 aromatic heterocycles. The highest BCUT2D eigenvalue weighted by molar-refractivity contribution is 6.41. The third-order valence-corrected chi connectivity index (χ3v) is 9.26. The van der Waals surface area contributed by atoms with Crippen LogP contribution in [-0.2, 0) is 9.53 Å². The molecular weight excluding hydrogens is 551 g/mol. The standard InChI is InChI=1S/C30H32Cl2N4O4/c1-4-19(37)8-18-13-40-14-22(18)34-25-10-20-17(12-33-25)9-21(35-29(20)36-15-30(16-36)6-5-7-30)26-27(31)23(38-2)11-24(39-3)28(26)32/h4,9-12,18,22H,1,5-8,13-16H2,2-3H3,(H,33,34)/t18-,22+/m0/s1. The van der Waals surface area contributed by atoms with Crippen molar-refractivity contribution >= 4 is 51.4 Å². The Labute approximate surface area is 243 Å². The Hall–Kier alpha value is -3.07. The van der Waals surface area contributed by atoms with E-state index < -0.39 is 0 Å². The maximum Gasteiger partial charge on any atom is 0.155 e. The number of benzene rings is 1. The summed E-state index contributed by atoms with van der Waals surface area (Å²) in [5.41, 5.74) is 1.58. The highest BCUT2D eigenvalue weighted by Gasteiger charge is 2.48. The first kappa shape index (κ1) is 27.1. The molecule has 0 bridgehead atoms. The summed E-state index contributed by atoms with van der Waals surface area (Å²) in [6.45, 7) is 6.58. The maximum absolute atomic E-state index is 12.0. The molecular formula is C30H32Cl2N4O4. The van der Waals surface area contributed by atoms with Gasteiger partial charge in [0.05, 0.1) is 49.2 Å². The van der Waals surface area contributed by atoms with Crippen molar-refractivity contribution < 1.29 is 19.0 Å². The van der Waals surface area contributed by atoms with Crippen LogP contribution in [0.25, 0.3) is 22.0 Å². The molecule has 0 amide bonds. The number of pyridine rings is 2. The second kappa shape index (κ2) is 10.7. The van der Waals surface area contributed by atoms with E-state index in [1.807, 2.05) is 18.3 Å². The molecule has 1 aromatic carbocycles. The van der Waals surface area contributed by atoms with Crippen molar-refractivity contribution in [3.05, 3.63) is 47.1 Å². The van der Waals surface area contributed by atoms with Gasteiger partial charge in [0.15, 0.2) is 5.78 Å². The van der Waals surface area contributed by atoms with Crippen LogP contribution < -0.4 is 19.7 Å². The highest BCUT2D eigenvalue weighted by atomic mass is 35.5. The van der Waals surface area contributed by atoms with Gasteiger partial charge in [-0.1, -0.05) is 36.2 Å². The Morgan fingerprint density at radius 2 is 1.90 bits per heavy atom.